The Morgan fingerprint density at radius 2 is 2.00 bits per heavy atom. The van der Waals surface area contributed by atoms with Crippen LogP contribution in [0.5, 0.6) is 5.75 Å². The first kappa shape index (κ1) is 24.0. The van der Waals surface area contributed by atoms with Gasteiger partial charge < -0.3 is 19.2 Å². The zero-order valence-corrected chi connectivity index (χ0v) is 21.2. The Hall–Kier alpha value is -3.71. The number of benzene rings is 2. The fraction of sp³-hybridized carbons (Fsp3) is 0.345. The minimum absolute atomic E-state index is 0.0626. The Kier molecular flexibility index (Phi) is 6.04. The van der Waals surface area contributed by atoms with Crippen molar-refractivity contribution in [3.8, 4) is 16.9 Å². The molecule has 36 heavy (non-hydrogen) atoms. The lowest BCUT2D eigenvalue weighted by Crippen LogP contribution is -2.27. The van der Waals surface area contributed by atoms with Crippen molar-refractivity contribution in [3.05, 3.63) is 69.6 Å². The molecular formula is C29H30N2O5. The highest BCUT2D eigenvalue weighted by Crippen LogP contribution is 2.44. The number of carbonyl (C=O) groups excluding carboxylic acids is 1. The van der Waals surface area contributed by atoms with Gasteiger partial charge in [0.1, 0.15) is 18.5 Å². The lowest BCUT2D eigenvalue weighted by Gasteiger charge is -2.31. The molecule has 1 aliphatic heterocycles. The van der Waals surface area contributed by atoms with Crippen molar-refractivity contribution >= 4 is 27.8 Å². The van der Waals surface area contributed by atoms with E-state index in [1.165, 1.54) is 18.6 Å². The van der Waals surface area contributed by atoms with Gasteiger partial charge in [-0.2, -0.15) is 0 Å². The smallest absolute Gasteiger partial charge is 0.302 e. The summed E-state index contributed by atoms with van der Waals surface area (Å²) in [6, 6.07) is 11.3. The zero-order chi connectivity index (χ0) is 25.6. The van der Waals surface area contributed by atoms with Crippen molar-refractivity contribution < 1.29 is 19.0 Å². The largest absolute Gasteiger partial charge is 0.493 e. The highest BCUT2D eigenvalue weighted by Gasteiger charge is 2.29. The van der Waals surface area contributed by atoms with Gasteiger partial charge in [-0.1, -0.05) is 0 Å². The molecule has 0 bridgehead atoms. The summed E-state index contributed by atoms with van der Waals surface area (Å²) in [5.41, 5.74) is 5.67. The van der Waals surface area contributed by atoms with Crippen molar-refractivity contribution in [1.82, 2.24) is 9.97 Å². The van der Waals surface area contributed by atoms with Crippen LogP contribution >= 0.6 is 0 Å². The number of aromatic nitrogens is 2. The number of nitrogens with one attached hydrogen (secondary N) is 1. The molecule has 7 heteroatoms. The van der Waals surface area contributed by atoms with Gasteiger partial charge in [0.2, 0.25) is 5.56 Å². The van der Waals surface area contributed by atoms with Crippen LogP contribution in [-0.4, -0.2) is 34.8 Å². The first-order valence-corrected chi connectivity index (χ1v) is 12.1. The van der Waals surface area contributed by atoms with Gasteiger partial charge >= 0.3 is 5.97 Å². The number of pyridine rings is 2. The van der Waals surface area contributed by atoms with Crippen LogP contribution < -0.4 is 10.3 Å². The topological polar surface area (TPSA) is 90.5 Å². The fourth-order valence-electron chi connectivity index (χ4n) is 5.06. The molecule has 0 aliphatic carbocycles. The third kappa shape index (κ3) is 4.46. The number of rotatable bonds is 5. The molecule has 3 heterocycles. The Bertz CT molecular complexity index is 1540. The Balaban J connectivity index is 1.86. The summed E-state index contributed by atoms with van der Waals surface area (Å²) in [4.78, 5) is 31.7. The number of carbonyl (C=O) groups is 1. The van der Waals surface area contributed by atoms with Crippen LogP contribution in [0, 0.1) is 6.92 Å². The van der Waals surface area contributed by atoms with Crippen LogP contribution in [-0.2, 0) is 20.7 Å². The van der Waals surface area contributed by atoms with Crippen LogP contribution in [0.2, 0.25) is 0 Å². The van der Waals surface area contributed by atoms with Crippen LogP contribution in [0.4, 0.5) is 0 Å². The number of aryl methyl sites for hydroxylation is 1. The first-order valence-electron chi connectivity index (χ1n) is 12.1. The zero-order valence-electron chi connectivity index (χ0n) is 21.2. The maximum atomic E-state index is 12.2. The molecule has 0 unspecified atom stereocenters. The van der Waals surface area contributed by atoms with Crippen LogP contribution in [0.1, 0.15) is 50.5 Å². The third-order valence-electron chi connectivity index (χ3n) is 6.37. The lowest BCUT2D eigenvalue weighted by atomic mass is 9.86. The van der Waals surface area contributed by atoms with Crippen molar-refractivity contribution in [2.45, 2.75) is 52.7 Å². The summed E-state index contributed by atoms with van der Waals surface area (Å²) in [6.07, 6.45) is 2.10. The van der Waals surface area contributed by atoms with E-state index < -0.39 is 11.7 Å². The molecule has 0 amide bonds. The summed E-state index contributed by atoms with van der Waals surface area (Å²) >= 11 is 0. The number of hydrogen-bond donors (Lipinski definition) is 1. The molecule has 2 aromatic carbocycles. The number of esters is 1. The van der Waals surface area contributed by atoms with Gasteiger partial charge in [0.05, 0.1) is 17.7 Å². The Morgan fingerprint density at radius 1 is 1.19 bits per heavy atom. The summed E-state index contributed by atoms with van der Waals surface area (Å²) in [7, 11) is 0. The average Bonchev–Trinajstić information content (AvgIpc) is 2.81. The fourth-order valence-corrected chi connectivity index (χ4v) is 5.06. The molecule has 186 valence electrons. The van der Waals surface area contributed by atoms with Crippen LogP contribution in [0.15, 0.2) is 47.4 Å². The van der Waals surface area contributed by atoms with Crippen molar-refractivity contribution in [2.75, 3.05) is 13.2 Å². The van der Waals surface area contributed by atoms with Gasteiger partial charge in [0, 0.05) is 47.5 Å². The van der Waals surface area contributed by atoms with E-state index in [0.29, 0.717) is 6.61 Å². The molecular weight excluding hydrogens is 456 g/mol. The molecule has 2 aromatic heterocycles. The number of aromatic amines is 1. The quantitative estimate of drug-likeness (QED) is 0.380. The van der Waals surface area contributed by atoms with E-state index in [1.807, 2.05) is 64.2 Å². The van der Waals surface area contributed by atoms with Gasteiger partial charge in [-0.3, -0.25) is 14.6 Å². The second-order valence-electron chi connectivity index (χ2n) is 10.2. The highest BCUT2D eigenvalue weighted by molar-refractivity contribution is 6.07. The Labute approximate surface area is 209 Å². The number of ether oxygens (including phenoxy) is 3. The molecule has 7 nitrogen and oxygen atoms in total. The number of H-pyrrole nitrogens is 1. The monoisotopic (exact) mass is 486 g/mol. The summed E-state index contributed by atoms with van der Waals surface area (Å²) in [5.74, 6) is 0.444. The molecule has 0 fully saturated rings. The average molecular weight is 487 g/mol. The second-order valence-corrected chi connectivity index (χ2v) is 10.2. The van der Waals surface area contributed by atoms with E-state index in [9.17, 15) is 9.59 Å². The van der Waals surface area contributed by atoms with Crippen molar-refractivity contribution in [2.24, 2.45) is 0 Å². The normalized spacial score (nSPS) is 14.0. The predicted molar refractivity (Wildman–Crippen MR) is 139 cm³/mol. The molecule has 1 aliphatic rings. The molecule has 1 atom stereocenters. The van der Waals surface area contributed by atoms with E-state index in [4.69, 9.17) is 19.2 Å². The van der Waals surface area contributed by atoms with Crippen LogP contribution in [0.25, 0.3) is 32.9 Å². The second kappa shape index (κ2) is 9.06. The highest BCUT2D eigenvalue weighted by atomic mass is 16.6. The lowest BCUT2D eigenvalue weighted by molar-refractivity contribution is -0.150. The minimum Gasteiger partial charge on any atom is -0.493 e. The van der Waals surface area contributed by atoms with Gasteiger partial charge in [-0.15, -0.1) is 0 Å². The third-order valence-corrected chi connectivity index (χ3v) is 6.37. The number of nitrogens with zero attached hydrogens (tertiary/aromatic N) is 1. The summed E-state index contributed by atoms with van der Waals surface area (Å²) < 4.78 is 17.9. The predicted octanol–water partition coefficient (Wildman–Crippen LogP) is 5.41. The summed E-state index contributed by atoms with van der Waals surface area (Å²) in [5, 5.41) is 1.86. The summed E-state index contributed by atoms with van der Waals surface area (Å²) in [6.45, 7) is 10.00. The van der Waals surface area contributed by atoms with E-state index in [-0.39, 0.29) is 18.1 Å². The first-order chi connectivity index (χ1) is 17.1. The van der Waals surface area contributed by atoms with E-state index >= 15 is 0 Å². The number of hydrogen-bond acceptors (Lipinski definition) is 6. The van der Waals surface area contributed by atoms with Crippen molar-refractivity contribution in [1.29, 1.82) is 0 Å². The van der Waals surface area contributed by atoms with Gasteiger partial charge in [-0.05, 0) is 80.3 Å². The van der Waals surface area contributed by atoms with Crippen LogP contribution in [0.3, 0.4) is 0 Å². The minimum atomic E-state index is -0.540. The van der Waals surface area contributed by atoms with Gasteiger partial charge in [-0.25, -0.2) is 0 Å². The molecule has 0 saturated heterocycles. The van der Waals surface area contributed by atoms with E-state index in [2.05, 4.69) is 4.98 Å². The SMILES string of the molecule is CC(=O)OC[C@@H](OC(C)(C)C)c1c(C)cc2[nH]c(=O)ccc2c1-c1ccc2c3c(ccnc13)CCO2. The molecule has 0 radical (unpaired) electrons. The maximum absolute atomic E-state index is 12.2. The molecule has 0 spiro atoms. The molecule has 5 rings (SSSR count). The van der Waals surface area contributed by atoms with E-state index in [1.54, 1.807) is 0 Å². The van der Waals surface area contributed by atoms with Gasteiger partial charge in [0.25, 0.3) is 0 Å². The molecule has 1 N–H and O–H groups in total. The maximum Gasteiger partial charge on any atom is 0.302 e. The van der Waals surface area contributed by atoms with Crippen molar-refractivity contribution in [3.63, 3.8) is 0 Å². The Morgan fingerprint density at radius 3 is 2.75 bits per heavy atom. The standard InChI is InChI=1S/C29H30N2O5/c1-16-14-21-19(7-9-24(33)31-21)27(25(16)23(15-35-17(2)32)36-29(3,4)5)20-6-8-22-26-18(11-13-34-22)10-12-30-28(20)26/h6-10,12,14,23H,11,13,15H2,1-5H3,(H,31,33)/t23-/m1/s1. The van der Waals surface area contributed by atoms with Gasteiger partial charge in [0.15, 0.2) is 0 Å². The molecule has 4 aromatic rings. The van der Waals surface area contributed by atoms with E-state index in [0.717, 1.165) is 56.2 Å². The molecule has 0 saturated carbocycles. The number of fused-ring (bicyclic) bond motifs is 1.